The maximum absolute atomic E-state index is 9.58. The van der Waals surface area contributed by atoms with E-state index in [-0.39, 0.29) is 6.61 Å². The van der Waals surface area contributed by atoms with Crippen molar-refractivity contribution in [1.82, 2.24) is 4.90 Å². The summed E-state index contributed by atoms with van der Waals surface area (Å²) in [4.78, 5) is 2.46. The zero-order valence-corrected chi connectivity index (χ0v) is 13.9. The summed E-state index contributed by atoms with van der Waals surface area (Å²) < 4.78 is 5.60. The summed E-state index contributed by atoms with van der Waals surface area (Å²) >= 11 is 0. The summed E-state index contributed by atoms with van der Waals surface area (Å²) in [7, 11) is 0. The number of nitrogens with zero attached hydrogens (tertiary/aromatic N) is 1. The number of hydrogen-bond donors (Lipinski definition) is 1. The van der Waals surface area contributed by atoms with Crippen LogP contribution in [0.4, 0.5) is 0 Å². The summed E-state index contributed by atoms with van der Waals surface area (Å²) in [5.41, 5.74) is 4.32. The van der Waals surface area contributed by atoms with Gasteiger partial charge in [-0.25, -0.2) is 0 Å². The van der Waals surface area contributed by atoms with E-state index in [2.05, 4.69) is 36.9 Å². The molecular weight excluding hydrogens is 274 g/mol. The van der Waals surface area contributed by atoms with Crippen LogP contribution >= 0.6 is 0 Å². The minimum atomic E-state index is 0.283. The Balaban J connectivity index is 1.86. The Bertz CT molecular complexity index is 494. The summed E-state index contributed by atoms with van der Waals surface area (Å²) in [6.45, 7) is 8.62. The number of likely N-dealkylation sites (tertiary alicyclic amines) is 1. The van der Waals surface area contributed by atoms with Crippen molar-refractivity contribution in [1.29, 1.82) is 0 Å². The van der Waals surface area contributed by atoms with Gasteiger partial charge in [-0.1, -0.05) is 32.0 Å². The molecule has 2 aliphatic rings. The molecular formula is C19H29NO2. The maximum atomic E-state index is 9.58. The number of ether oxygens (including phenoxy) is 1. The fourth-order valence-corrected chi connectivity index (χ4v) is 3.83. The van der Waals surface area contributed by atoms with E-state index in [4.69, 9.17) is 4.74 Å². The van der Waals surface area contributed by atoms with Crippen LogP contribution in [0.15, 0.2) is 18.2 Å². The topological polar surface area (TPSA) is 32.7 Å². The summed E-state index contributed by atoms with van der Waals surface area (Å²) in [5, 5.41) is 9.58. The molecule has 0 saturated carbocycles. The molecule has 2 atom stereocenters. The molecule has 122 valence electrons. The number of rotatable bonds is 5. The smallest absolute Gasteiger partial charge is 0.0587 e. The van der Waals surface area contributed by atoms with E-state index in [1.165, 1.54) is 23.1 Å². The normalized spacial score (nSPS) is 26.2. The molecule has 1 N–H and O–H groups in total. The number of aliphatic hydroxyl groups excluding tert-OH is 1. The predicted molar refractivity (Wildman–Crippen MR) is 89.2 cm³/mol. The van der Waals surface area contributed by atoms with Crippen LogP contribution in [0.2, 0.25) is 0 Å². The van der Waals surface area contributed by atoms with Crippen molar-refractivity contribution in [2.45, 2.75) is 57.5 Å². The molecule has 0 radical (unpaired) electrons. The first kappa shape index (κ1) is 16.0. The lowest BCUT2D eigenvalue weighted by Gasteiger charge is -2.26. The zero-order valence-electron chi connectivity index (χ0n) is 13.9. The largest absolute Gasteiger partial charge is 0.395 e. The average molecular weight is 303 g/mol. The van der Waals surface area contributed by atoms with Gasteiger partial charge >= 0.3 is 0 Å². The minimum Gasteiger partial charge on any atom is -0.395 e. The van der Waals surface area contributed by atoms with Crippen molar-refractivity contribution < 1.29 is 9.84 Å². The van der Waals surface area contributed by atoms with E-state index < -0.39 is 0 Å². The molecule has 1 aromatic rings. The second kappa shape index (κ2) is 7.12. The highest BCUT2D eigenvalue weighted by Gasteiger charge is 2.26. The van der Waals surface area contributed by atoms with Crippen molar-refractivity contribution in [2.24, 2.45) is 0 Å². The molecule has 1 aromatic carbocycles. The quantitative estimate of drug-likeness (QED) is 0.906. The van der Waals surface area contributed by atoms with Crippen LogP contribution in [0, 0.1) is 0 Å². The minimum absolute atomic E-state index is 0.283. The highest BCUT2D eigenvalue weighted by atomic mass is 16.5. The van der Waals surface area contributed by atoms with E-state index >= 15 is 0 Å². The third-order valence-electron chi connectivity index (χ3n) is 5.29. The molecule has 0 unspecified atom stereocenters. The maximum Gasteiger partial charge on any atom is 0.0587 e. The molecule has 22 heavy (non-hydrogen) atoms. The fraction of sp³-hybridized carbons (Fsp3) is 0.684. The van der Waals surface area contributed by atoms with E-state index in [9.17, 15) is 5.11 Å². The van der Waals surface area contributed by atoms with Gasteiger partial charge in [0.05, 0.1) is 13.2 Å². The van der Waals surface area contributed by atoms with Crippen molar-refractivity contribution in [3.05, 3.63) is 34.9 Å². The predicted octanol–water partition coefficient (Wildman–Crippen LogP) is 3.27. The van der Waals surface area contributed by atoms with Crippen molar-refractivity contribution in [3.63, 3.8) is 0 Å². The second-order valence-electron chi connectivity index (χ2n) is 7.12. The van der Waals surface area contributed by atoms with Gasteiger partial charge in [0.1, 0.15) is 0 Å². The Labute approximate surface area is 134 Å². The highest BCUT2D eigenvalue weighted by Crippen LogP contribution is 2.32. The van der Waals surface area contributed by atoms with Crippen LogP contribution < -0.4 is 0 Å². The van der Waals surface area contributed by atoms with Crippen LogP contribution in [0.5, 0.6) is 0 Å². The molecule has 2 aliphatic heterocycles. The van der Waals surface area contributed by atoms with Gasteiger partial charge in [-0.3, -0.25) is 4.90 Å². The molecule has 2 heterocycles. The van der Waals surface area contributed by atoms with Crippen LogP contribution in [-0.4, -0.2) is 42.4 Å². The summed E-state index contributed by atoms with van der Waals surface area (Å²) in [6.07, 6.45) is 3.47. The van der Waals surface area contributed by atoms with Gasteiger partial charge in [0.25, 0.3) is 0 Å². The van der Waals surface area contributed by atoms with E-state index in [0.29, 0.717) is 17.9 Å². The third-order valence-corrected chi connectivity index (χ3v) is 5.29. The average Bonchev–Trinajstić information content (AvgIpc) is 3.18. The SMILES string of the molecule is CC(C)c1ccc([C@@H]2CCOC2)c(CN2CCC[C@@H]2CO)c1. The monoisotopic (exact) mass is 303 g/mol. The number of aliphatic hydroxyl groups is 1. The van der Waals surface area contributed by atoms with Gasteiger partial charge in [-0.05, 0) is 48.4 Å². The Hall–Kier alpha value is -0.900. The van der Waals surface area contributed by atoms with E-state index in [1.807, 2.05) is 0 Å². The van der Waals surface area contributed by atoms with Crippen LogP contribution in [0.3, 0.4) is 0 Å². The summed E-state index contributed by atoms with van der Waals surface area (Å²) in [6, 6.07) is 7.35. The first-order valence-corrected chi connectivity index (χ1v) is 8.74. The first-order chi connectivity index (χ1) is 10.7. The molecule has 0 bridgehead atoms. The number of hydrogen-bond acceptors (Lipinski definition) is 3. The van der Waals surface area contributed by atoms with Crippen molar-refractivity contribution in [2.75, 3.05) is 26.4 Å². The molecule has 0 amide bonds. The van der Waals surface area contributed by atoms with Crippen LogP contribution in [0.1, 0.15) is 61.6 Å². The van der Waals surface area contributed by atoms with E-state index in [0.717, 1.165) is 39.1 Å². The van der Waals surface area contributed by atoms with Gasteiger partial charge < -0.3 is 9.84 Å². The van der Waals surface area contributed by atoms with Gasteiger partial charge in [-0.2, -0.15) is 0 Å². The van der Waals surface area contributed by atoms with Crippen LogP contribution in [-0.2, 0) is 11.3 Å². The number of benzene rings is 1. The van der Waals surface area contributed by atoms with Crippen LogP contribution in [0.25, 0.3) is 0 Å². The Morgan fingerprint density at radius 3 is 2.86 bits per heavy atom. The molecule has 0 aliphatic carbocycles. The highest BCUT2D eigenvalue weighted by molar-refractivity contribution is 5.36. The van der Waals surface area contributed by atoms with Gasteiger partial charge in [0, 0.05) is 25.1 Å². The second-order valence-corrected chi connectivity index (χ2v) is 7.12. The van der Waals surface area contributed by atoms with Gasteiger partial charge in [-0.15, -0.1) is 0 Å². The van der Waals surface area contributed by atoms with Gasteiger partial charge in [0.2, 0.25) is 0 Å². The van der Waals surface area contributed by atoms with Crippen molar-refractivity contribution in [3.8, 4) is 0 Å². The van der Waals surface area contributed by atoms with E-state index in [1.54, 1.807) is 0 Å². The first-order valence-electron chi connectivity index (χ1n) is 8.74. The van der Waals surface area contributed by atoms with Gasteiger partial charge in [0.15, 0.2) is 0 Å². The molecule has 0 spiro atoms. The Morgan fingerprint density at radius 2 is 2.18 bits per heavy atom. The lowest BCUT2D eigenvalue weighted by Crippen LogP contribution is -2.32. The lowest BCUT2D eigenvalue weighted by molar-refractivity contribution is 0.153. The molecule has 2 fully saturated rings. The molecule has 0 aromatic heterocycles. The van der Waals surface area contributed by atoms with Crippen molar-refractivity contribution >= 4 is 0 Å². The molecule has 3 nitrogen and oxygen atoms in total. The standard InChI is InChI=1S/C19H29NO2/c1-14(2)15-5-6-19(16-7-9-22-13-16)17(10-15)11-20-8-3-4-18(20)12-21/h5-6,10,14,16,18,21H,3-4,7-9,11-13H2,1-2H3/t16-,18-/m1/s1. The molecule has 3 rings (SSSR count). The Morgan fingerprint density at radius 1 is 1.32 bits per heavy atom. The third kappa shape index (κ3) is 3.37. The fourth-order valence-electron chi connectivity index (χ4n) is 3.83. The molecule has 2 saturated heterocycles. The molecule has 3 heteroatoms. The zero-order chi connectivity index (χ0) is 15.5. The lowest BCUT2D eigenvalue weighted by atomic mass is 9.89. The Kier molecular flexibility index (Phi) is 5.17. The summed E-state index contributed by atoms with van der Waals surface area (Å²) in [5.74, 6) is 1.10.